The fraction of sp³-hybridized carbons (Fsp3) is 0.929. The minimum atomic E-state index is -0.731. The van der Waals surface area contributed by atoms with E-state index >= 15 is 0 Å². The number of aliphatic hydroxyl groups is 1. The first-order valence-electron chi connectivity index (χ1n) is 7.08. The number of rotatable bonds is 8. The van der Waals surface area contributed by atoms with Crippen LogP contribution in [0, 0.1) is 5.92 Å². The molecular formula is C14H28N2O2. The molecule has 0 radical (unpaired) electrons. The van der Waals surface area contributed by atoms with Crippen molar-refractivity contribution in [3.8, 4) is 0 Å². The Labute approximate surface area is 111 Å². The van der Waals surface area contributed by atoms with E-state index < -0.39 is 5.60 Å². The summed E-state index contributed by atoms with van der Waals surface area (Å²) < 4.78 is 0. The predicted octanol–water partition coefficient (Wildman–Crippen LogP) is 1.38. The van der Waals surface area contributed by atoms with Crippen molar-refractivity contribution in [2.75, 3.05) is 19.6 Å². The molecule has 4 heteroatoms. The molecule has 1 amide bonds. The normalized spacial score (nSPS) is 18.8. The molecule has 1 fully saturated rings. The Morgan fingerprint density at radius 2 is 2.11 bits per heavy atom. The molecule has 0 aliphatic heterocycles. The van der Waals surface area contributed by atoms with E-state index in [4.69, 9.17) is 0 Å². The molecule has 18 heavy (non-hydrogen) atoms. The van der Waals surface area contributed by atoms with Gasteiger partial charge in [-0.1, -0.05) is 13.8 Å². The Bertz CT molecular complexity index is 273. The lowest BCUT2D eigenvalue weighted by Crippen LogP contribution is -2.45. The highest BCUT2D eigenvalue weighted by Crippen LogP contribution is 2.26. The average Bonchev–Trinajstić information content (AvgIpc) is 3.00. The van der Waals surface area contributed by atoms with Crippen LogP contribution < -0.4 is 5.32 Å². The van der Waals surface area contributed by atoms with Crippen molar-refractivity contribution in [1.29, 1.82) is 0 Å². The number of likely N-dealkylation sites (N-methyl/N-ethyl adjacent to an activating group) is 1. The van der Waals surface area contributed by atoms with Crippen molar-refractivity contribution in [2.24, 2.45) is 5.92 Å². The Kier molecular flexibility index (Phi) is 5.60. The zero-order valence-corrected chi connectivity index (χ0v) is 12.2. The molecule has 0 aromatic heterocycles. The van der Waals surface area contributed by atoms with E-state index in [1.165, 1.54) is 0 Å². The smallest absolute Gasteiger partial charge is 0.236 e. The lowest BCUT2D eigenvalue weighted by Gasteiger charge is -2.26. The highest BCUT2D eigenvalue weighted by molar-refractivity contribution is 5.78. The van der Waals surface area contributed by atoms with Crippen LogP contribution in [0.3, 0.4) is 0 Å². The Balaban J connectivity index is 2.25. The second kappa shape index (κ2) is 6.53. The molecule has 0 heterocycles. The van der Waals surface area contributed by atoms with Crippen LogP contribution in [0.2, 0.25) is 0 Å². The van der Waals surface area contributed by atoms with Crippen molar-refractivity contribution < 1.29 is 9.90 Å². The maximum absolute atomic E-state index is 11.9. The lowest BCUT2D eigenvalue weighted by atomic mass is 9.94. The van der Waals surface area contributed by atoms with Crippen LogP contribution in [-0.4, -0.2) is 47.2 Å². The zero-order valence-electron chi connectivity index (χ0n) is 12.2. The van der Waals surface area contributed by atoms with E-state index in [9.17, 15) is 9.90 Å². The van der Waals surface area contributed by atoms with Gasteiger partial charge in [0.15, 0.2) is 0 Å². The van der Waals surface area contributed by atoms with Gasteiger partial charge in [0.1, 0.15) is 0 Å². The molecule has 106 valence electrons. The Morgan fingerprint density at radius 1 is 1.50 bits per heavy atom. The average molecular weight is 256 g/mol. The molecule has 0 spiro atoms. The van der Waals surface area contributed by atoms with Crippen LogP contribution in [0.1, 0.15) is 47.0 Å². The number of amides is 1. The van der Waals surface area contributed by atoms with E-state index in [1.807, 2.05) is 18.7 Å². The molecule has 1 rings (SSSR count). The number of hydrogen-bond donors (Lipinski definition) is 2. The lowest BCUT2D eigenvalue weighted by molar-refractivity contribution is -0.130. The topological polar surface area (TPSA) is 52.6 Å². The Hall–Kier alpha value is -0.610. The number of carbonyl (C=O) groups is 1. The Morgan fingerprint density at radius 3 is 2.56 bits per heavy atom. The van der Waals surface area contributed by atoms with Gasteiger partial charge < -0.3 is 15.3 Å². The monoisotopic (exact) mass is 256 g/mol. The SMILES string of the molecule is CCN(C(=O)CNCC(C)(O)CC(C)C)C1CC1. The van der Waals surface area contributed by atoms with E-state index in [0.717, 1.165) is 25.8 Å². The van der Waals surface area contributed by atoms with Gasteiger partial charge in [0.25, 0.3) is 0 Å². The summed E-state index contributed by atoms with van der Waals surface area (Å²) in [6.07, 6.45) is 3.03. The minimum absolute atomic E-state index is 0.153. The predicted molar refractivity (Wildman–Crippen MR) is 73.4 cm³/mol. The summed E-state index contributed by atoms with van der Waals surface area (Å²) in [4.78, 5) is 13.9. The van der Waals surface area contributed by atoms with Gasteiger partial charge in [0.2, 0.25) is 5.91 Å². The second-order valence-electron chi connectivity index (χ2n) is 6.11. The van der Waals surface area contributed by atoms with Gasteiger partial charge in [-0.3, -0.25) is 4.79 Å². The van der Waals surface area contributed by atoms with E-state index in [1.54, 1.807) is 0 Å². The van der Waals surface area contributed by atoms with Crippen LogP contribution in [0.4, 0.5) is 0 Å². The molecule has 2 N–H and O–H groups in total. The molecule has 1 aliphatic rings. The third-order valence-corrected chi connectivity index (χ3v) is 3.28. The summed E-state index contributed by atoms with van der Waals surface area (Å²) in [5.74, 6) is 0.608. The standard InChI is InChI=1S/C14H28N2O2/c1-5-16(12-6-7-12)13(17)9-15-10-14(4,18)8-11(2)3/h11-12,15,18H,5-10H2,1-4H3. The van der Waals surface area contributed by atoms with Crippen molar-refractivity contribution in [3.63, 3.8) is 0 Å². The van der Waals surface area contributed by atoms with Gasteiger partial charge in [-0.15, -0.1) is 0 Å². The highest BCUT2D eigenvalue weighted by Gasteiger charge is 2.31. The van der Waals surface area contributed by atoms with Gasteiger partial charge in [0.05, 0.1) is 12.1 Å². The van der Waals surface area contributed by atoms with Gasteiger partial charge in [-0.05, 0) is 39.0 Å². The first kappa shape index (κ1) is 15.4. The maximum Gasteiger partial charge on any atom is 0.236 e. The van der Waals surface area contributed by atoms with E-state index in [0.29, 0.717) is 25.0 Å². The van der Waals surface area contributed by atoms with Crippen molar-refractivity contribution in [1.82, 2.24) is 10.2 Å². The summed E-state index contributed by atoms with van der Waals surface area (Å²) in [5, 5.41) is 13.2. The summed E-state index contributed by atoms with van der Waals surface area (Å²) in [6.45, 7) is 9.61. The number of nitrogens with one attached hydrogen (secondary N) is 1. The summed E-state index contributed by atoms with van der Waals surface area (Å²) in [6, 6.07) is 0.473. The number of hydrogen-bond acceptors (Lipinski definition) is 3. The largest absolute Gasteiger partial charge is 0.389 e. The zero-order chi connectivity index (χ0) is 13.8. The molecular weight excluding hydrogens is 228 g/mol. The van der Waals surface area contributed by atoms with Gasteiger partial charge >= 0.3 is 0 Å². The van der Waals surface area contributed by atoms with Crippen LogP contribution in [0.5, 0.6) is 0 Å². The highest BCUT2D eigenvalue weighted by atomic mass is 16.3. The molecule has 1 unspecified atom stereocenters. The molecule has 0 aromatic carbocycles. The van der Waals surface area contributed by atoms with Crippen LogP contribution >= 0.6 is 0 Å². The van der Waals surface area contributed by atoms with Crippen LogP contribution in [0.15, 0.2) is 0 Å². The molecule has 1 aliphatic carbocycles. The molecule has 0 saturated heterocycles. The summed E-state index contributed by atoms with van der Waals surface area (Å²) >= 11 is 0. The molecule has 0 bridgehead atoms. The summed E-state index contributed by atoms with van der Waals surface area (Å²) in [5.41, 5.74) is -0.731. The molecule has 0 aromatic rings. The molecule has 1 atom stereocenters. The first-order valence-corrected chi connectivity index (χ1v) is 7.08. The minimum Gasteiger partial charge on any atom is -0.389 e. The number of nitrogens with zero attached hydrogens (tertiary/aromatic N) is 1. The maximum atomic E-state index is 11.9. The first-order chi connectivity index (χ1) is 8.35. The van der Waals surface area contributed by atoms with Crippen molar-refractivity contribution in [2.45, 2.75) is 58.6 Å². The number of carbonyl (C=O) groups excluding carboxylic acids is 1. The third-order valence-electron chi connectivity index (χ3n) is 3.28. The van der Waals surface area contributed by atoms with Gasteiger partial charge in [0, 0.05) is 19.1 Å². The van der Waals surface area contributed by atoms with Crippen molar-refractivity contribution in [3.05, 3.63) is 0 Å². The fourth-order valence-electron chi connectivity index (χ4n) is 2.52. The van der Waals surface area contributed by atoms with Gasteiger partial charge in [-0.25, -0.2) is 0 Å². The van der Waals surface area contributed by atoms with E-state index in [-0.39, 0.29) is 5.91 Å². The quantitative estimate of drug-likeness (QED) is 0.690. The third kappa shape index (κ3) is 5.36. The van der Waals surface area contributed by atoms with Crippen molar-refractivity contribution >= 4 is 5.91 Å². The molecule has 4 nitrogen and oxygen atoms in total. The second-order valence-corrected chi connectivity index (χ2v) is 6.11. The molecule has 1 saturated carbocycles. The van der Waals surface area contributed by atoms with E-state index in [2.05, 4.69) is 19.2 Å². The fourth-order valence-corrected chi connectivity index (χ4v) is 2.52. The van der Waals surface area contributed by atoms with Crippen LogP contribution in [0.25, 0.3) is 0 Å². The van der Waals surface area contributed by atoms with Gasteiger partial charge in [-0.2, -0.15) is 0 Å². The van der Waals surface area contributed by atoms with Crippen LogP contribution in [-0.2, 0) is 4.79 Å². The summed E-state index contributed by atoms with van der Waals surface area (Å²) in [7, 11) is 0.